The normalized spacial score (nSPS) is 10.0. The number of rotatable bonds is 6. The molecule has 102 valence electrons. The summed E-state index contributed by atoms with van der Waals surface area (Å²) in [4.78, 5) is 17.9. The van der Waals surface area contributed by atoms with Crippen LogP contribution in [0, 0.1) is 0 Å². The Morgan fingerprint density at radius 3 is 2.25 bits per heavy atom. The van der Waals surface area contributed by atoms with Crippen LogP contribution >= 0.6 is 0 Å². The lowest BCUT2D eigenvalue weighted by Gasteiger charge is -2.20. The Morgan fingerprint density at radius 2 is 1.65 bits per heavy atom. The summed E-state index contributed by atoms with van der Waals surface area (Å²) in [5.74, 6) is -0.165. The average molecular weight is 267 g/mol. The van der Waals surface area contributed by atoms with Crippen LogP contribution in [0.1, 0.15) is 15.9 Å². The van der Waals surface area contributed by atoms with Crippen molar-refractivity contribution in [3.63, 3.8) is 0 Å². The molecule has 0 radical (unpaired) electrons. The minimum absolute atomic E-state index is 0.165. The average Bonchev–Trinajstić information content (AvgIpc) is 2.52. The summed E-state index contributed by atoms with van der Waals surface area (Å²) in [5, 5.41) is 1.33. The summed E-state index contributed by atoms with van der Waals surface area (Å²) in [6.45, 7) is 4.36. The number of hydrogen-bond acceptors (Lipinski definition) is 2. The quantitative estimate of drug-likeness (QED) is 0.592. The summed E-state index contributed by atoms with van der Waals surface area (Å²) in [5.41, 5.74) is 1.62. The van der Waals surface area contributed by atoms with E-state index in [2.05, 4.69) is 6.58 Å². The Labute approximate surface area is 119 Å². The van der Waals surface area contributed by atoms with Gasteiger partial charge in [-0.05, 0) is 17.7 Å². The monoisotopic (exact) mass is 267 g/mol. The Hall–Kier alpha value is -2.39. The van der Waals surface area contributed by atoms with Gasteiger partial charge >= 0.3 is 0 Å². The van der Waals surface area contributed by atoms with Crippen molar-refractivity contribution in [3.8, 4) is 0 Å². The molecule has 1 amide bonds. The van der Waals surface area contributed by atoms with Gasteiger partial charge in [-0.2, -0.15) is 0 Å². The van der Waals surface area contributed by atoms with Crippen molar-refractivity contribution < 1.29 is 9.63 Å². The third-order valence-corrected chi connectivity index (χ3v) is 2.77. The molecule has 0 aliphatic heterocycles. The highest BCUT2D eigenvalue weighted by Crippen LogP contribution is 2.08. The van der Waals surface area contributed by atoms with Crippen LogP contribution in [0.15, 0.2) is 73.3 Å². The first kappa shape index (κ1) is 14.0. The Balaban J connectivity index is 2.03. The van der Waals surface area contributed by atoms with Gasteiger partial charge in [-0.15, -0.1) is 6.58 Å². The van der Waals surface area contributed by atoms with E-state index in [1.807, 2.05) is 48.5 Å². The summed E-state index contributed by atoms with van der Waals surface area (Å²) < 4.78 is 0. The summed E-state index contributed by atoms with van der Waals surface area (Å²) in [6, 6.07) is 18.8. The van der Waals surface area contributed by atoms with E-state index in [1.54, 1.807) is 18.2 Å². The molecule has 0 saturated heterocycles. The molecule has 0 unspecified atom stereocenters. The second-order valence-electron chi connectivity index (χ2n) is 4.28. The van der Waals surface area contributed by atoms with Gasteiger partial charge in [0.25, 0.3) is 5.91 Å². The second-order valence-corrected chi connectivity index (χ2v) is 4.28. The highest BCUT2D eigenvalue weighted by molar-refractivity contribution is 5.93. The van der Waals surface area contributed by atoms with Gasteiger partial charge in [0.05, 0.1) is 6.54 Å². The molecule has 0 aromatic heterocycles. The molecular formula is C17H17NO2. The SMILES string of the molecule is C=CCN(OCc1ccccc1)C(=O)c1ccccc1. The van der Waals surface area contributed by atoms with Gasteiger partial charge in [0.1, 0.15) is 6.61 Å². The van der Waals surface area contributed by atoms with E-state index in [1.165, 1.54) is 5.06 Å². The molecule has 2 aromatic carbocycles. The zero-order valence-corrected chi connectivity index (χ0v) is 11.2. The zero-order chi connectivity index (χ0) is 14.2. The molecule has 0 bridgehead atoms. The lowest BCUT2D eigenvalue weighted by Crippen LogP contribution is -2.31. The maximum atomic E-state index is 12.3. The molecule has 3 nitrogen and oxygen atoms in total. The first-order valence-electron chi connectivity index (χ1n) is 6.46. The predicted octanol–water partition coefficient (Wildman–Crippen LogP) is 3.45. The predicted molar refractivity (Wildman–Crippen MR) is 78.9 cm³/mol. The van der Waals surface area contributed by atoms with Gasteiger partial charge < -0.3 is 0 Å². The molecule has 0 aliphatic carbocycles. The minimum Gasteiger partial charge on any atom is -0.267 e. The van der Waals surface area contributed by atoms with Crippen LogP contribution in [-0.2, 0) is 11.4 Å². The molecule has 2 rings (SSSR count). The van der Waals surface area contributed by atoms with Gasteiger partial charge in [0.15, 0.2) is 0 Å². The molecule has 0 aliphatic rings. The fourth-order valence-electron chi connectivity index (χ4n) is 1.76. The summed E-state index contributed by atoms with van der Waals surface area (Å²) >= 11 is 0. The van der Waals surface area contributed by atoms with Crippen LogP contribution in [-0.4, -0.2) is 17.5 Å². The van der Waals surface area contributed by atoms with Crippen molar-refractivity contribution in [2.75, 3.05) is 6.54 Å². The summed E-state index contributed by atoms with van der Waals surface area (Å²) in [7, 11) is 0. The first-order chi connectivity index (χ1) is 9.81. The van der Waals surface area contributed by atoms with Crippen LogP contribution in [0.4, 0.5) is 0 Å². The lowest BCUT2D eigenvalue weighted by molar-refractivity contribution is -0.126. The van der Waals surface area contributed by atoms with Gasteiger partial charge in [0.2, 0.25) is 0 Å². The molecule has 0 heterocycles. The van der Waals surface area contributed by atoms with Crippen LogP contribution in [0.5, 0.6) is 0 Å². The molecule has 0 saturated carbocycles. The number of nitrogens with zero attached hydrogens (tertiary/aromatic N) is 1. The van der Waals surface area contributed by atoms with Crippen LogP contribution < -0.4 is 0 Å². The van der Waals surface area contributed by atoms with E-state index in [0.717, 1.165) is 5.56 Å². The van der Waals surface area contributed by atoms with Gasteiger partial charge in [-0.25, -0.2) is 5.06 Å². The smallest absolute Gasteiger partial charge is 0.267 e. The Bertz CT molecular complexity index is 552. The van der Waals surface area contributed by atoms with E-state index >= 15 is 0 Å². The molecule has 3 heteroatoms. The first-order valence-corrected chi connectivity index (χ1v) is 6.46. The van der Waals surface area contributed by atoms with E-state index in [-0.39, 0.29) is 5.91 Å². The second kappa shape index (κ2) is 7.26. The van der Waals surface area contributed by atoms with Gasteiger partial charge in [0, 0.05) is 5.56 Å². The number of carbonyl (C=O) groups excluding carboxylic acids is 1. The van der Waals surface area contributed by atoms with Crippen LogP contribution in [0.25, 0.3) is 0 Å². The maximum Gasteiger partial charge on any atom is 0.277 e. The van der Waals surface area contributed by atoms with Crippen molar-refractivity contribution in [2.45, 2.75) is 6.61 Å². The third kappa shape index (κ3) is 3.80. The fourth-order valence-corrected chi connectivity index (χ4v) is 1.76. The number of hydroxylamine groups is 2. The Morgan fingerprint density at radius 1 is 1.05 bits per heavy atom. The summed E-state index contributed by atoms with van der Waals surface area (Å²) in [6.07, 6.45) is 1.64. The zero-order valence-electron chi connectivity index (χ0n) is 11.2. The number of benzene rings is 2. The topological polar surface area (TPSA) is 29.5 Å². The molecule has 20 heavy (non-hydrogen) atoms. The molecule has 0 N–H and O–H groups in total. The van der Waals surface area contributed by atoms with Crippen molar-refractivity contribution in [2.24, 2.45) is 0 Å². The molecule has 0 spiro atoms. The number of hydrogen-bond donors (Lipinski definition) is 0. The highest BCUT2D eigenvalue weighted by Gasteiger charge is 2.15. The van der Waals surface area contributed by atoms with E-state index in [0.29, 0.717) is 18.7 Å². The van der Waals surface area contributed by atoms with Crippen molar-refractivity contribution in [1.82, 2.24) is 5.06 Å². The third-order valence-electron chi connectivity index (χ3n) is 2.77. The molecule has 0 atom stereocenters. The number of amides is 1. The van der Waals surface area contributed by atoms with Crippen molar-refractivity contribution >= 4 is 5.91 Å². The lowest BCUT2D eigenvalue weighted by atomic mass is 10.2. The fraction of sp³-hybridized carbons (Fsp3) is 0.118. The largest absolute Gasteiger partial charge is 0.277 e. The van der Waals surface area contributed by atoms with Gasteiger partial charge in [-0.3, -0.25) is 9.63 Å². The molecule has 0 fully saturated rings. The van der Waals surface area contributed by atoms with E-state index in [4.69, 9.17) is 4.84 Å². The van der Waals surface area contributed by atoms with Crippen LogP contribution in [0.3, 0.4) is 0 Å². The van der Waals surface area contributed by atoms with Crippen molar-refractivity contribution in [1.29, 1.82) is 0 Å². The maximum absolute atomic E-state index is 12.3. The minimum atomic E-state index is -0.165. The molecule has 2 aromatic rings. The Kier molecular flexibility index (Phi) is 5.09. The standard InChI is InChI=1S/C17H17NO2/c1-2-13-18(17(19)16-11-7-4-8-12-16)20-14-15-9-5-3-6-10-15/h2-12H,1,13-14H2. The van der Waals surface area contributed by atoms with Gasteiger partial charge in [-0.1, -0.05) is 54.6 Å². The van der Waals surface area contributed by atoms with E-state index < -0.39 is 0 Å². The molecular weight excluding hydrogens is 250 g/mol. The van der Waals surface area contributed by atoms with Crippen LogP contribution in [0.2, 0.25) is 0 Å². The highest BCUT2D eigenvalue weighted by atomic mass is 16.7. The van der Waals surface area contributed by atoms with Crippen molar-refractivity contribution in [3.05, 3.63) is 84.4 Å². The number of carbonyl (C=O) groups is 1. The van der Waals surface area contributed by atoms with E-state index in [9.17, 15) is 4.79 Å².